The van der Waals surface area contributed by atoms with Crippen molar-refractivity contribution in [2.75, 3.05) is 11.4 Å². The van der Waals surface area contributed by atoms with Crippen molar-refractivity contribution in [3.05, 3.63) is 39.9 Å². The van der Waals surface area contributed by atoms with Gasteiger partial charge < -0.3 is 9.64 Å². The SMILES string of the molecule is CC(=O)N(c1nc(COC(=O)C2CC(=O)N(C3CCCC3)C2)cs1)c1c(C)cc(C)cc1C. The molecule has 1 saturated carbocycles. The molecule has 0 radical (unpaired) electrons. The van der Waals surface area contributed by atoms with Crippen molar-refractivity contribution in [3.8, 4) is 0 Å². The Labute approximate surface area is 198 Å². The lowest BCUT2D eigenvalue weighted by Crippen LogP contribution is -2.35. The fourth-order valence-electron chi connectivity index (χ4n) is 5.10. The zero-order chi connectivity index (χ0) is 23.7. The van der Waals surface area contributed by atoms with Crippen LogP contribution in [0.3, 0.4) is 0 Å². The van der Waals surface area contributed by atoms with E-state index in [9.17, 15) is 14.4 Å². The first-order chi connectivity index (χ1) is 15.7. The smallest absolute Gasteiger partial charge is 0.311 e. The number of anilines is 2. The lowest BCUT2D eigenvalue weighted by molar-refractivity contribution is -0.149. The highest BCUT2D eigenvalue weighted by Crippen LogP contribution is 2.35. The Hall–Kier alpha value is -2.74. The first-order valence-corrected chi connectivity index (χ1v) is 12.4. The van der Waals surface area contributed by atoms with Crippen molar-refractivity contribution < 1.29 is 19.1 Å². The summed E-state index contributed by atoms with van der Waals surface area (Å²) < 4.78 is 5.52. The van der Waals surface area contributed by atoms with Crippen LogP contribution in [0.2, 0.25) is 0 Å². The topological polar surface area (TPSA) is 79.8 Å². The Bertz CT molecular complexity index is 1050. The largest absolute Gasteiger partial charge is 0.459 e. The molecule has 1 aliphatic heterocycles. The van der Waals surface area contributed by atoms with E-state index in [1.165, 1.54) is 18.3 Å². The maximum atomic E-state index is 12.6. The number of thiazole rings is 1. The third-order valence-corrected chi connectivity index (χ3v) is 7.40. The number of carbonyl (C=O) groups is 3. The quantitative estimate of drug-likeness (QED) is 0.578. The highest BCUT2D eigenvalue weighted by atomic mass is 32.1. The number of benzene rings is 1. The van der Waals surface area contributed by atoms with Crippen molar-refractivity contribution in [2.45, 2.75) is 72.4 Å². The maximum absolute atomic E-state index is 12.6. The number of hydrogen-bond acceptors (Lipinski definition) is 6. The molecule has 176 valence electrons. The number of carbonyl (C=O) groups excluding carboxylic acids is 3. The summed E-state index contributed by atoms with van der Waals surface area (Å²) in [6.45, 7) is 8.00. The van der Waals surface area contributed by atoms with E-state index >= 15 is 0 Å². The molecule has 2 heterocycles. The minimum absolute atomic E-state index is 0.0288. The number of aromatic nitrogens is 1. The van der Waals surface area contributed by atoms with E-state index in [-0.39, 0.29) is 36.9 Å². The molecule has 7 nitrogen and oxygen atoms in total. The van der Waals surface area contributed by atoms with Gasteiger partial charge in [-0.1, -0.05) is 30.5 Å². The van der Waals surface area contributed by atoms with E-state index in [0.717, 1.165) is 48.1 Å². The third-order valence-electron chi connectivity index (χ3n) is 6.52. The lowest BCUT2D eigenvalue weighted by Gasteiger charge is -2.23. The van der Waals surface area contributed by atoms with Gasteiger partial charge in [0.2, 0.25) is 11.8 Å². The van der Waals surface area contributed by atoms with Crippen LogP contribution < -0.4 is 4.90 Å². The molecule has 2 fully saturated rings. The third kappa shape index (κ3) is 4.95. The van der Waals surface area contributed by atoms with Gasteiger partial charge in [-0.2, -0.15) is 0 Å². The van der Waals surface area contributed by atoms with E-state index in [4.69, 9.17) is 4.74 Å². The van der Waals surface area contributed by atoms with Gasteiger partial charge in [0.15, 0.2) is 5.13 Å². The zero-order valence-electron chi connectivity index (χ0n) is 19.7. The average molecular weight is 470 g/mol. The van der Waals surface area contributed by atoms with Crippen LogP contribution in [-0.4, -0.2) is 40.3 Å². The summed E-state index contributed by atoms with van der Waals surface area (Å²) in [6, 6.07) is 4.38. The van der Waals surface area contributed by atoms with Crippen molar-refractivity contribution in [1.29, 1.82) is 0 Å². The summed E-state index contributed by atoms with van der Waals surface area (Å²) in [5, 5.41) is 2.36. The fraction of sp³-hybridized carbons (Fsp3) is 0.520. The van der Waals surface area contributed by atoms with Crippen molar-refractivity contribution >= 4 is 39.9 Å². The molecule has 0 bridgehead atoms. The van der Waals surface area contributed by atoms with Crippen LogP contribution in [0.1, 0.15) is 61.4 Å². The normalized spacial score (nSPS) is 18.7. The number of aryl methyl sites for hydroxylation is 3. The molecule has 0 spiro atoms. The van der Waals surface area contributed by atoms with E-state index < -0.39 is 5.92 Å². The van der Waals surface area contributed by atoms with Crippen LogP contribution in [0.4, 0.5) is 10.8 Å². The molecular formula is C25H31N3O4S. The van der Waals surface area contributed by atoms with E-state index in [2.05, 4.69) is 4.98 Å². The Balaban J connectivity index is 1.41. The van der Waals surface area contributed by atoms with Gasteiger partial charge in [0.25, 0.3) is 0 Å². The fourth-order valence-corrected chi connectivity index (χ4v) is 5.96. The number of esters is 1. The minimum atomic E-state index is -0.414. The number of ether oxygens (including phenoxy) is 1. The highest BCUT2D eigenvalue weighted by Gasteiger charge is 2.39. The van der Waals surface area contributed by atoms with Crippen molar-refractivity contribution in [1.82, 2.24) is 9.88 Å². The first-order valence-electron chi connectivity index (χ1n) is 11.5. The predicted molar refractivity (Wildman–Crippen MR) is 127 cm³/mol. The summed E-state index contributed by atoms with van der Waals surface area (Å²) in [4.78, 5) is 45.6. The van der Waals surface area contributed by atoms with Crippen molar-refractivity contribution in [3.63, 3.8) is 0 Å². The molecule has 2 amide bonds. The van der Waals surface area contributed by atoms with Gasteiger partial charge >= 0.3 is 5.97 Å². The summed E-state index contributed by atoms with van der Waals surface area (Å²) in [5.41, 5.74) is 4.57. The second-order valence-corrected chi connectivity index (χ2v) is 10.1. The maximum Gasteiger partial charge on any atom is 0.311 e. The Morgan fingerprint density at radius 1 is 1.18 bits per heavy atom. The molecule has 1 unspecified atom stereocenters. The molecule has 33 heavy (non-hydrogen) atoms. The average Bonchev–Trinajstić information content (AvgIpc) is 3.49. The predicted octanol–water partition coefficient (Wildman–Crippen LogP) is 4.59. The molecule has 0 N–H and O–H groups in total. The second-order valence-electron chi connectivity index (χ2n) is 9.22. The van der Waals surface area contributed by atoms with E-state index in [1.54, 1.807) is 4.90 Å². The number of amides is 2. The van der Waals surface area contributed by atoms with Crippen LogP contribution in [0, 0.1) is 26.7 Å². The molecule has 1 saturated heterocycles. The van der Waals surface area contributed by atoms with Gasteiger partial charge in [0.05, 0.1) is 17.3 Å². The molecule has 2 aromatic rings. The van der Waals surface area contributed by atoms with Gasteiger partial charge in [0, 0.05) is 31.3 Å². The highest BCUT2D eigenvalue weighted by molar-refractivity contribution is 7.14. The molecule has 4 rings (SSSR count). The van der Waals surface area contributed by atoms with Gasteiger partial charge in [0.1, 0.15) is 6.61 Å². The summed E-state index contributed by atoms with van der Waals surface area (Å²) in [6.07, 6.45) is 4.58. The van der Waals surface area contributed by atoms with E-state index in [0.29, 0.717) is 17.4 Å². The summed E-state index contributed by atoms with van der Waals surface area (Å²) in [7, 11) is 0. The number of rotatable bonds is 6. The molecule has 1 aliphatic carbocycles. The van der Waals surface area contributed by atoms with Crippen molar-refractivity contribution in [2.24, 2.45) is 5.92 Å². The van der Waals surface area contributed by atoms with E-state index in [1.807, 2.05) is 43.2 Å². The Kier molecular flexibility index (Phi) is 6.83. The van der Waals surface area contributed by atoms with Gasteiger partial charge in [-0.3, -0.25) is 19.3 Å². The Morgan fingerprint density at radius 3 is 2.48 bits per heavy atom. The number of likely N-dealkylation sites (tertiary alicyclic amines) is 1. The monoisotopic (exact) mass is 469 g/mol. The first kappa shape index (κ1) is 23.4. The standard InChI is InChI=1S/C25H31N3O4S/c1-15-9-16(2)23(17(3)10-15)28(18(4)29)25-26-20(14-33-25)13-32-24(31)19-11-22(30)27(12-19)21-7-5-6-8-21/h9-10,14,19,21H,5-8,11-13H2,1-4H3. The molecule has 1 aromatic carbocycles. The number of nitrogens with zero attached hydrogens (tertiary/aromatic N) is 3. The van der Waals surface area contributed by atoms with Crippen LogP contribution in [0.15, 0.2) is 17.5 Å². The molecule has 8 heteroatoms. The molecule has 1 atom stereocenters. The van der Waals surface area contributed by atoms with Crippen LogP contribution >= 0.6 is 11.3 Å². The van der Waals surface area contributed by atoms with Crippen LogP contribution in [-0.2, 0) is 25.7 Å². The number of hydrogen-bond donors (Lipinski definition) is 0. The molecular weight excluding hydrogens is 438 g/mol. The van der Waals surface area contributed by atoms with Gasteiger partial charge in [-0.05, 0) is 44.7 Å². The van der Waals surface area contributed by atoms with Crippen LogP contribution in [0.25, 0.3) is 0 Å². The summed E-state index contributed by atoms with van der Waals surface area (Å²) >= 11 is 1.34. The van der Waals surface area contributed by atoms with Crippen LogP contribution in [0.5, 0.6) is 0 Å². The van der Waals surface area contributed by atoms with Gasteiger partial charge in [-0.25, -0.2) is 4.98 Å². The zero-order valence-corrected chi connectivity index (χ0v) is 20.5. The summed E-state index contributed by atoms with van der Waals surface area (Å²) in [5.74, 6) is -0.838. The second kappa shape index (κ2) is 9.63. The Morgan fingerprint density at radius 2 is 1.85 bits per heavy atom. The lowest BCUT2D eigenvalue weighted by atomic mass is 10.0. The minimum Gasteiger partial charge on any atom is -0.459 e. The molecule has 1 aromatic heterocycles. The molecule has 2 aliphatic rings. The van der Waals surface area contributed by atoms with Gasteiger partial charge in [-0.15, -0.1) is 11.3 Å².